The number of nitrogens with two attached hydrogens (primary N) is 1. The lowest BCUT2D eigenvalue weighted by molar-refractivity contribution is -0.255. The Balaban J connectivity index is 2.25. The number of nitrogen functional groups attached to an aromatic ring is 1. The van der Waals surface area contributed by atoms with Gasteiger partial charge >= 0.3 is 6.11 Å². The molecule has 0 aliphatic heterocycles. The summed E-state index contributed by atoms with van der Waals surface area (Å²) in [7, 11) is 0. The van der Waals surface area contributed by atoms with Crippen molar-refractivity contribution < 1.29 is 13.5 Å². The summed E-state index contributed by atoms with van der Waals surface area (Å²) >= 11 is 0. The molecule has 0 atom stereocenters. The lowest BCUT2D eigenvalue weighted by atomic mass is 10.1. The Kier molecular flexibility index (Phi) is 2.38. The first-order valence-corrected chi connectivity index (χ1v) is 4.91. The molecule has 0 saturated heterocycles. The van der Waals surface area contributed by atoms with Crippen molar-refractivity contribution in [1.29, 1.82) is 0 Å². The lowest BCUT2D eigenvalue weighted by Gasteiger charge is -2.17. The highest BCUT2D eigenvalue weighted by Crippen LogP contribution is 2.38. The minimum Gasteiger partial charge on any atom is -0.399 e. The Labute approximate surface area is 87.0 Å². The number of hydrogen-bond acceptors (Lipinski definition) is 2. The highest BCUT2D eigenvalue weighted by molar-refractivity contribution is 5.45. The summed E-state index contributed by atoms with van der Waals surface area (Å²) in [6.07, 6.45) is -2.07. The second-order valence-corrected chi connectivity index (χ2v) is 3.97. The molecule has 4 heteroatoms. The molecule has 82 valence electrons. The topological polar surface area (TPSA) is 35.2 Å². The van der Waals surface area contributed by atoms with Crippen LogP contribution in [0.25, 0.3) is 0 Å². The molecule has 1 saturated carbocycles. The number of halogens is 2. The lowest BCUT2D eigenvalue weighted by Crippen LogP contribution is -2.19. The zero-order chi connectivity index (χ0) is 11.1. The smallest absolute Gasteiger partial charge is 0.383 e. The van der Waals surface area contributed by atoms with Crippen LogP contribution in [0.5, 0.6) is 0 Å². The Morgan fingerprint density at radius 1 is 1.33 bits per heavy atom. The molecule has 1 aromatic carbocycles. The van der Waals surface area contributed by atoms with Crippen LogP contribution in [-0.4, -0.2) is 6.10 Å². The van der Waals surface area contributed by atoms with Gasteiger partial charge in [-0.2, -0.15) is 8.78 Å². The maximum Gasteiger partial charge on any atom is 0.383 e. The van der Waals surface area contributed by atoms with Gasteiger partial charge in [-0.3, -0.25) is 0 Å². The molecule has 0 amide bonds. The fourth-order valence-corrected chi connectivity index (χ4v) is 1.44. The zero-order valence-electron chi connectivity index (χ0n) is 8.47. The van der Waals surface area contributed by atoms with Crippen molar-refractivity contribution >= 4 is 5.69 Å². The minimum atomic E-state index is -3.22. The molecule has 0 radical (unpaired) electrons. The van der Waals surface area contributed by atoms with E-state index >= 15 is 0 Å². The molecule has 1 aliphatic carbocycles. The number of aryl methyl sites for hydroxylation is 1. The molecule has 2 N–H and O–H groups in total. The Morgan fingerprint density at radius 2 is 2.00 bits per heavy atom. The molecule has 1 aromatic rings. The standard InChI is InChI=1S/C11H13F2NO/c1-7-4-8(6-9(14)5-7)11(12,13)15-10-2-3-10/h4-6,10H,2-3,14H2,1H3. The SMILES string of the molecule is Cc1cc(N)cc(C(F)(F)OC2CC2)c1. The first-order chi connectivity index (χ1) is 6.97. The molecule has 15 heavy (non-hydrogen) atoms. The number of hydrogen-bond donors (Lipinski definition) is 1. The number of alkyl halides is 2. The Morgan fingerprint density at radius 3 is 2.53 bits per heavy atom. The fourth-order valence-electron chi connectivity index (χ4n) is 1.44. The van der Waals surface area contributed by atoms with E-state index in [0.717, 1.165) is 12.8 Å². The zero-order valence-corrected chi connectivity index (χ0v) is 8.47. The third kappa shape index (κ3) is 2.45. The number of rotatable bonds is 3. The van der Waals surface area contributed by atoms with Gasteiger partial charge in [-0.1, -0.05) is 0 Å². The quantitative estimate of drug-likeness (QED) is 0.783. The Bertz CT molecular complexity index is 355. The van der Waals surface area contributed by atoms with Gasteiger partial charge in [0.05, 0.1) is 11.7 Å². The van der Waals surface area contributed by atoms with Crippen molar-refractivity contribution in [3.05, 3.63) is 29.3 Å². The molecule has 1 aliphatic rings. The van der Waals surface area contributed by atoms with Gasteiger partial charge in [0.2, 0.25) is 0 Å². The third-order valence-corrected chi connectivity index (χ3v) is 2.27. The van der Waals surface area contributed by atoms with Gasteiger partial charge in [0.15, 0.2) is 0 Å². The molecule has 2 rings (SSSR count). The van der Waals surface area contributed by atoms with Crippen molar-refractivity contribution in [2.24, 2.45) is 0 Å². The van der Waals surface area contributed by atoms with Gasteiger partial charge in [0.1, 0.15) is 0 Å². The van der Waals surface area contributed by atoms with Crippen molar-refractivity contribution in [1.82, 2.24) is 0 Å². The molecule has 0 aromatic heterocycles. The Hall–Kier alpha value is -1.16. The highest BCUT2D eigenvalue weighted by atomic mass is 19.3. The average molecular weight is 213 g/mol. The summed E-state index contributed by atoms with van der Waals surface area (Å²) < 4.78 is 31.7. The highest BCUT2D eigenvalue weighted by Gasteiger charge is 2.40. The van der Waals surface area contributed by atoms with Crippen LogP contribution in [0.3, 0.4) is 0 Å². The van der Waals surface area contributed by atoms with Gasteiger partial charge < -0.3 is 10.5 Å². The molecular weight excluding hydrogens is 200 g/mol. The van der Waals surface area contributed by atoms with E-state index in [1.54, 1.807) is 13.0 Å². The first-order valence-electron chi connectivity index (χ1n) is 4.91. The van der Waals surface area contributed by atoms with Crippen LogP contribution in [0, 0.1) is 6.92 Å². The van der Waals surface area contributed by atoms with Crippen LogP contribution in [0.4, 0.5) is 14.5 Å². The maximum atomic E-state index is 13.5. The van der Waals surface area contributed by atoms with Gasteiger partial charge in [-0.25, -0.2) is 0 Å². The van der Waals surface area contributed by atoms with Crippen LogP contribution in [-0.2, 0) is 10.8 Å². The van der Waals surface area contributed by atoms with Crippen LogP contribution in [0.2, 0.25) is 0 Å². The summed E-state index contributed by atoms with van der Waals surface area (Å²) in [6.45, 7) is 1.73. The van der Waals surface area contributed by atoms with E-state index in [0.29, 0.717) is 11.3 Å². The molecule has 0 unspecified atom stereocenters. The van der Waals surface area contributed by atoms with E-state index in [1.165, 1.54) is 12.1 Å². The molecule has 1 fully saturated rings. The summed E-state index contributed by atoms with van der Waals surface area (Å²) in [6, 6.07) is 4.31. The summed E-state index contributed by atoms with van der Waals surface area (Å²) in [5, 5.41) is 0. The van der Waals surface area contributed by atoms with Crippen molar-refractivity contribution in [2.45, 2.75) is 32.0 Å². The largest absolute Gasteiger partial charge is 0.399 e. The van der Waals surface area contributed by atoms with Crippen LogP contribution >= 0.6 is 0 Å². The van der Waals surface area contributed by atoms with Crippen LogP contribution in [0.15, 0.2) is 18.2 Å². The summed E-state index contributed by atoms with van der Waals surface area (Å²) in [4.78, 5) is 0. The first kappa shape index (κ1) is 10.4. The molecular formula is C11H13F2NO. The minimum absolute atomic E-state index is 0.160. The van der Waals surface area contributed by atoms with E-state index in [4.69, 9.17) is 5.73 Å². The number of ether oxygens (including phenoxy) is 1. The molecule has 0 bridgehead atoms. The monoisotopic (exact) mass is 213 g/mol. The molecule has 0 heterocycles. The predicted octanol–water partition coefficient (Wildman–Crippen LogP) is 2.81. The van der Waals surface area contributed by atoms with Crippen LogP contribution < -0.4 is 5.73 Å². The average Bonchev–Trinajstić information content (AvgIpc) is 2.85. The number of benzene rings is 1. The third-order valence-electron chi connectivity index (χ3n) is 2.27. The van der Waals surface area contributed by atoms with Crippen LogP contribution in [0.1, 0.15) is 24.0 Å². The van der Waals surface area contributed by atoms with E-state index < -0.39 is 6.11 Å². The normalized spacial score (nSPS) is 16.7. The second-order valence-electron chi connectivity index (χ2n) is 3.97. The van der Waals surface area contributed by atoms with Crippen molar-refractivity contribution in [2.75, 3.05) is 5.73 Å². The number of anilines is 1. The van der Waals surface area contributed by atoms with Crippen molar-refractivity contribution in [3.8, 4) is 0 Å². The predicted molar refractivity (Wildman–Crippen MR) is 53.6 cm³/mol. The van der Waals surface area contributed by atoms with Gasteiger partial charge in [0.25, 0.3) is 0 Å². The van der Waals surface area contributed by atoms with Gasteiger partial charge in [-0.05, 0) is 43.5 Å². The van der Waals surface area contributed by atoms with Gasteiger partial charge in [-0.15, -0.1) is 0 Å². The summed E-state index contributed by atoms with van der Waals surface area (Å²) in [5.41, 5.74) is 6.40. The van der Waals surface area contributed by atoms with E-state index in [9.17, 15) is 8.78 Å². The molecule has 0 spiro atoms. The van der Waals surface area contributed by atoms with Crippen molar-refractivity contribution in [3.63, 3.8) is 0 Å². The van der Waals surface area contributed by atoms with E-state index in [1.807, 2.05) is 0 Å². The summed E-state index contributed by atoms with van der Waals surface area (Å²) in [5.74, 6) is 0. The van der Waals surface area contributed by atoms with E-state index in [-0.39, 0.29) is 11.7 Å². The van der Waals surface area contributed by atoms with Gasteiger partial charge in [0, 0.05) is 5.69 Å². The molecule has 2 nitrogen and oxygen atoms in total. The maximum absolute atomic E-state index is 13.5. The van der Waals surface area contributed by atoms with E-state index in [2.05, 4.69) is 4.74 Å². The fraction of sp³-hybridized carbons (Fsp3) is 0.455. The second kappa shape index (κ2) is 3.45.